The van der Waals surface area contributed by atoms with Crippen molar-refractivity contribution < 1.29 is 0 Å². The van der Waals surface area contributed by atoms with Gasteiger partial charge in [0.1, 0.15) is 5.82 Å². The highest BCUT2D eigenvalue weighted by molar-refractivity contribution is 5.82. The van der Waals surface area contributed by atoms with Gasteiger partial charge in [-0.15, -0.1) is 0 Å². The van der Waals surface area contributed by atoms with Crippen molar-refractivity contribution in [2.75, 3.05) is 5.32 Å². The van der Waals surface area contributed by atoms with Crippen LogP contribution < -0.4 is 5.32 Å². The molecule has 27 heavy (non-hydrogen) atoms. The van der Waals surface area contributed by atoms with Gasteiger partial charge in [0.25, 0.3) is 0 Å². The fraction of sp³-hybridized carbons (Fsp3) is 0.227. The van der Waals surface area contributed by atoms with Crippen LogP contribution in [-0.2, 0) is 12.8 Å². The second-order valence-corrected chi connectivity index (χ2v) is 7.02. The Kier molecular flexibility index (Phi) is 3.85. The fourth-order valence-electron chi connectivity index (χ4n) is 3.94. The van der Waals surface area contributed by atoms with Gasteiger partial charge < -0.3 is 5.32 Å². The molecule has 134 valence electrons. The monoisotopic (exact) mass is 355 g/mol. The van der Waals surface area contributed by atoms with Crippen molar-refractivity contribution in [1.29, 1.82) is 0 Å². The van der Waals surface area contributed by atoms with E-state index in [9.17, 15) is 0 Å². The molecule has 0 radical (unpaired) electrons. The Morgan fingerprint density at radius 1 is 0.963 bits per heavy atom. The summed E-state index contributed by atoms with van der Waals surface area (Å²) in [6, 6.07) is 14.4. The lowest BCUT2D eigenvalue weighted by molar-refractivity contribution is 0.662. The van der Waals surface area contributed by atoms with E-state index >= 15 is 0 Å². The minimum absolute atomic E-state index is 0.927. The van der Waals surface area contributed by atoms with E-state index in [1.165, 1.54) is 24.1 Å². The standard InChI is InChI=1S/C22H21N5/c1-15-20(16-7-3-2-4-8-16)22-25-19-10-6-5-9-18(19)21(27(22)26-15)24-17-11-13-23-14-12-17/h2-4,7-8,11-14H,5-6,9-10H2,1H3,(H,23,24). The quantitative estimate of drug-likeness (QED) is 0.578. The topological polar surface area (TPSA) is 55.1 Å². The third-order valence-electron chi connectivity index (χ3n) is 5.22. The molecule has 0 aliphatic heterocycles. The highest BCUT2D eigenvalue weighted by atomic mass is 15.3. The SMILES string of the molecule is Cc1nn2c(Nc3ccncc3)c3c(nc2c1-c1ccccc1)CCCC3. The molecule has 3 heterocycles. The van der Waals surface area contributed by atoms with Crippen LogP contribution in [-0.4, -0.2) is 19.6 Å². The van der Waals surface area contributed by atoms with E-state index in [1.807, 2.05) is 22.7 Å². The number of aryl methyl sites for hydroxylation is 2. The minimum Gasteiger partial charge on any atom is -0.340 e. The number of rotatable bonds is 3. The second kappa shape index (κ2) is 6.50. The van der Waals surface area contributed by atoms with Gasteiger partial charge in [0.15, 0.2) is 5.65 Å². The molecule has 1 N–H and O–H groups in total. The van der Waals surface area contributed by atoms with Gasteiger partial charge in [-0.3, -0.25) is 4.98 Å². The van der Waals surface area contributed by atoms with Crippen molar-refractivity contribution in [2.45, 2.75) is 32.6 Å². The van der Waals surface area contributed by atoms with Crippen LogP contribution in [0.5, 0.6) is 0 Å². The number of anilines is 2. The summed E-state index contributed by atoms with van der Waals surface area (Å²) in [6.07, 6.45) is 8.05. The number of hydrogen-bond donors (Lipinski definition) is 1. The van der Waals surface area contributed by atoms with E-state index in [2.05, 4.69) is 41.5 Å². The second-order valence-electron chi connectivity index (χ2n) is 7.02. The van der Waals surface area contributed by atoms with Crippen LogP contribution in [0.25, 0.3) is 16.8 Å². The number of aromatic nitrogens is 4. The van der Waals surface area contributed by atoms with Gasteiger partial charge in [0.05, 0.1) is 5.69 Å². The van der Waals surface area contributed by atoms with E-state index in [0.717, 1.165) is 46.8 Å². The van der Waals surface area contributed by atoms with Gasteiger partial charge in [-0.1, -0.05) is 30.3 Å². The largest absolute Gasteiger partial charge is 0.340 e. The van der Waals surface area contributed by atoms with E-state index in [-0.39, 0.29) is 0 Å². The lowest BCUT2D eigenvalue weighted by atomic mass is 9.96. The van der Waals surface area contributed by atoms with Crippen LogP contribution in [0.3, 0.4) is 0 Å². The first-order valence-corrected chi connectivity index (χ1v) is 9.45. The zero-order chi connectivity index (χ0) is 18.2. The number of fused-ring (bicyclic) bond motifs is 2. The van der Waals surface area contributed by atoms with Crippen molar-refractivity contribution >= 4 is 17.2 Å². The maximum absolute atomic E-state index is 5.06. The van der Waals surface area contributed by atoms with Crippen molar-refractivity contribution in [3.8, 4) is 11.1 Å². The fourth-order valence-corrected chi connectivity index (χ4v) is 3.94. The number of pyridine rings is 1. The van der Waals surface area contributed by atoms with Gasteiger partial charge in [-0.05, 0) is 50.3 Å². The lowest BCUT2D eigenvalue weighted by Gasteiger charge is -2.20. The maximum atomic E-state index is 5.06. The summed E-state index contributed by atoms with van der Waals surface area (Å²) >= 11 is 0. The minimum atomic E-state index is 0.927. The van der Waals surface area contributed by atoms with Crippen LogP contribution in [0, 0.1) is 6.92 Å². The third-order valence-corrected chi connectivity index (χ3v) is 5.22. The Morgan fingerprint density at radius 2 is 1.74 bits per heavy atom. The molecule has 5 heteroatoms. The molecule has 3 aromatic heterocycles. The molecule has 0 spiro atoms. The van der Waals surface area contributed by atoms with E-state index < -0.39 is 0 Å². The summed E-state index contributed by atoms with van der Waals surface area (Å²) in [5.41, 5.74) is 7.68. The Hall–Kier alpha value is -3.21. The molecule has 0 unspecified atom stereocenters. The zero-order valence-corrected chi connectivity index (χ0v) is 15.3. The van der Waals surface area contributed by atoms with Gasteiger partial charge in [-0.25, -0.2) is 4.98 Å². The first-order valence-electron chi connectivity index (χ1n) is 9.45. The molecular formula is C22H21N5. The maximum Gasteiger partial charge on any atom is 0.165 e. The predicted octanol–water partition coefficient (Wildman–Crippen LogP) is 4.72. The smallest absolute Gasteiger partial charge is 0.165 e. The molecule has 0 atom stereocenters. The number of benzene rings is 1. The molecule has 1 aliphatic rings. The summed E-state index contributed by atoms with van der Waals surface area (Å²) in [6.45, 7) is 2.06. The third kappa shape index (κ3) is 2.76. The van der Waals surface area contributed by atoms with E-state index in [4.69, 9.17) is 10.1 Å². The Bertz CT molecular complexity index is 1100. The molecule has 1 aliphatic carbocycles. The zero-order valence-electron chi connectivity index (χ0n) is 15.3. The Labute approximate surface area is 158 Å². The Balaban J connectivity index is 1.77. The van der Waals surface area contributed by atoms with Gasteiger partial charge in [0.2, 0.25) is 0 Å². The predicted molar refractivity (Wildman–Crippen MR) is 107 cm³/mol. The van der Waals surface area contributed by atoms with Crippen LogP contribution in [0.15, 0.2) is 54.9 Å². The molecule has 5 rings (SSSR count). The van der Waals surface area contributed by atoms with Crippen LogP contribution in [0.1, 0.15) is 29.8 Å². The van der Waals surface area contributed by atoms with Crippen molar-refractivity contribution in [1.82, 2.24) is 19.6 Å². The average molecular weight is 355 g/mol. The van der Waals surface area contributed by atoms with Gasteiger partial charge >= 0.3 is 0 Å². The summed E-state index contributed by atoms with van der Waals surface area (Å²) in [4.78, 5) is 9.18. The average Bonchev–Trinajstić information content (AvgIpc) is 3.05. The van der Waals surface area contributed by atoms with Crippen LogP contribution in [0.2, 0.25) is 0 Å². The number of nitrogens with one attached hydrogen (secondary N) is 1. The lowest BCUT2D eigenvalue weighted by Crippen LogP contribution is -2.13. The molecule has 1 aromatic carbocycles. The number of hydrogen-bond acceptors (Lipinski definition) is 4. The molecule has 4 aromatic rings. The van der Waals surface area contributed by atoms with Crippen molar-refractivity contribution in [2.24, 2.45) is 0 Å². The molecule has 0 bridgehead atoms. The van der Waals surface area contributed by atoms with E-state index in [0.29, 0.717) is 0 Å². The summed E-state index contributed by atoms with van der Waals surface area (Å²) in [5, 5.41) is 8.46. The summed E-state index contributed by atoms with van der Waals surface area (Å²) < 4.78 is 1.99. The molecule has 0 fully saturated rings. The molecule has 0 saturated carbocycles. The molecule has 0 saturated heterocycles. The summed E-state index contributed by atoms with van der Waals surface area (Å²) in [5.74, 6) is 1.03. The highest BCUT2D eigenvalue weighted by Crippen LogP contribution is 2.34. The molecule has 0 amide bonds. The Morgan fingerprint density at radius 3 is 2.56 bits per heavy atom. The van der Waals surface area contributed by atoms with Crippen LogP contribution in [0.4, 0.5) is 11.5 Å². The van der Waals surface area contributed by atoms with Crippen molar-refractivity contribution in [3.05, 3.63) is 71.8 Å². The van der Waals surface area contributed by atoms with E-state index in [1.54, 1.807) is 12.4 Å². The molecular weight excluding hydrogens is 334 g/mol. The van der Waals surface area contributed by atoms with Crippen LogP contribution >= 0.6 is 0 Å². The molecule has 5 nitrogen and oxygen atoms in total. The van der Waals surface area contributed by atoms with Gasteiger partial charge in [0, 0.05) is 34.9 Å². The highest BCUT2D eigenvalue weighted by Gasteiger charge is 2.23. The van der Waals surface area contributed by atoms with Crippen molar-refractivity contribution in [3.63, 3.8) is 0 Å². The normalized spacial score (nSPS) is 13.5. The summed E-state index contributed by atoms with van der Waals surface area (Å²) in [7, 11) is 0. The first kappa shape index (κ1) is 16.0. The van der Waals surface area contributed by atoms with Gasteiger partial charge in [-0.2, -0.15) is 9.61 Å². The number of nitrogens with zero attached hydrogens (tertiary/aromatic N) is 4. The first-order chi connectivity index (χ1) is 13.3.